The van der Waals surface area contributed by atoms with Crippen molar-refractivity contribution >= 4 is 0 Å². The largest absolute Gasteiger partial charge is 0.393 e. The van der Waals surface area contributed by atoms with Crippen molar-refractivity contribution in [3.63, 3.8) is 0 Å². The maximum Gasteiger partial charge on any atom is 0.0599 e. The molecule has 2 saturated carbocycles. The smallest absolute Gasteiger partial charge is 0.0599 e. The minimum atomic E-state index is 0.00944. The van der Waals surface area contributed by atoms with E-state index in [4.69, 9.17) is 0 Å². The van der Waals surface area contributed by atoms with E-state index in [0.717, 1.165) is 17.8 Å². The van der Waals surface area contributed by atoms with E-state index in [1.54, 1.807) is 0 Å². The van der Waals surface area contributed by atoms with Crippen molar-refractivity contribution in [1.29, 1.82) is 0 Å². The third-order valence-electron chi connectivity index (χ3n) is 4.31. The van der Waals surface area contributed by atoms with Gasteiger partial charge in [0.25, 0.3) is 0 Å². The molecular weight excluding hydrogens is 172 g/mol. The summed E-state index contributed by atoms with van der Waals surface area (Å²) in [6.45, 7) is 6.95. The first kappa shape index (κ1) is 10.5. The second kappa shape index (κ2) is 3.84. The van der Waals surface area contributed by atoms with Crippen molar-refractivity contribution < 1.29 is 5.11 Å². The molecule has 0 aromatic carbocycles. The number of aliphatic hydroxyl groups is 1. The van der Waals surface area contributed by atoms with Crippen LogP contribution in [0.1, 0.15) is 46.5 Å². The van der Waals surface area contributed by atoms with Crippen LogP contribution in [0.25, 0.3) is 0 Å². The van der Waals surface area contributed by atoms with Gasteiger partial charge in [0, 0.05) is 0 Å². The molecule has 1 nitrogen and oxygen atoms in total. The molecule has 82 valence electrons. The van der Waals surface area contributed by atoms with Crippen LogP contribution in [-0.4, -0.2) is 11.2 Å². The highest BCUT2D eigenvalue weighted by atomic mass is 16.3. The first-order chi connectivity index (χ1) is 6.58. The van der Waals surface area contributed by atoms with Gasteiger partial charge in [0.15, 0.2) is 0 Å². The zero-order chi connectivity index (χ0) is 10.3. The summed E-state index contributed by atoms with van der Waals surface area (Å²) in [5.41, 5.74) is 0. The Balaban J connectivity index is 1.89. The van der Waals surface area contributed by atoms with Gasteiger partial charge in [-0.3, -0.25) is 0 Å². The molecule has 0 bridgehead atoms. The Morgan fingerprint density at radius 3 is 1.86 bits per heavy atom. The number of rotatable bonds is 2. The van der Waals surface area contributed by atoms with Crippen molar-refractivity contribution in [2.75, 3.05) is 0 Å². The summed E-state index contributed by atoms with van der Waals surface area (Å²) in [4.78, 5) is 0. The molecule has 1 N–H and O–H groups in total. The first-order valence-electron chi connectivity index (χ1n) is 6.26. The van der Waals surface area contributed by atoms with Crippen LogP contribution in [0.4, 0.5) is 0 Å². The third kappa shape index (κ3) is 2.13. The molecule has 0 spiro atoms. The normalized spacial score (nSPS) is 50.1. The van der Waals surface area contributed by atoms with E-state index >= 15 is 0 Å². The van der Waals surface area contributed by atoms with Crippen molar-refractivity contribution in [1.82, 2.24) is 0 Å². The minimum absolute atomic E-state index is 0.00944. The lowest BCUT2D eigenvalue weighted by atomic mass is 9.73. The number of hydrogen-bond acceptors (Lipinski definition) is 1. The molecule has 0 aliphatic heterocycles. The molecule has 0 amide bonds. The Morgan fingerprint density at radius 1 is 0.929 bits per heavy atom. The van der Waals surface area contributed by atoms with Gasteiger partial charge in [0.2, 0.25) is 0 Å². The van der Waals surface area contributed by atoms with E-state index < -0.39 is 0 Å². The molecule has 0 heterocycles. The molecule has 2 aliphatic carbocycles. The van der Waals surface area contributed by atoms with Crippen molar-refractivity contribution in [3.8, 4) is 0 Å². The molecule has 0 radical (unpaired) electrons. The molecule has 0 aromatic heterocycles. The summed E-state index contributed by atoms with van der Waals surface area (Å²) in [5.74, 6) is 3.68. The van der Waals surface area contributed by atoms with E-state index in [2.05, 4.69) is 20.8 Å². The van der Waals surface area contributed by atoms with Crippen molar-refractivity contribution in [2.24, 2.45) is 29.6 Å². The highest BCUT2D eigenvalue weighted by molar-refractivity contribution is 4.93. The van der Waals surface area contributed by atoms with Gasteiger partial charge in [-0.25, -0.2) is 0 Å². The molecule has 2 rings (SSSR count). The highest BCUT2D eigenvalue weighted by Crippen LogP contribution is 2.46. The average molecular weight is 196 g/mol. The Bertz CT molecular complexity index is 191. The molecule has 0 saturated heterocycles. The third-order valence-corrected chi connectivity index (χ3v) is 4.31. The van der Waals surface area contributed by atoms with Gasteiger partial charge in [-0.1, -0.05) is 20.8 Å². The summed E-state index contributed by atoms with van der Waals surface area (Å²) in [7, 11) is 0. The van der Waals surface area contributed by atoms with E-state index in [-0.39, 0.29) is 6.10 Å². The minimum Gasteiger partial charge on any atom is -0.393 e. The molecule has 2 fully saturated rings. The van der Waals surface area contributed by atoms with Crippen molar-refractivity contribution in [3.05, 3.63) is 0 Å². The van der Waals surface area contributed by atoms with Crippen LogP contribution in [0.15, 0.2) is 0 Å². The Labute approximate surface area is 87.9 Å². The lowest BCUT2D eigenvalue weighted by molar-refractivity contribution is 0.0370. The fourth-order valence-electron chi connectivity index (χ4n) is 3.46. The predicted octanol–water partition coefficient (Wildman–Crippen LogP) is 3.08. The van der Waals surface area contributed by atoms with Gasteiger partial charge in [-0.05, 0) is 55.3 Å². The SMILES string of the molecule is CC1CC(C)CC(C(O)C2CC2C)C1. The monoisotopic (exact) mass is 196 g/mol. The topological polar surface area (TPSA) is 20.2 Å². The lowest BCUT2D eigenvalue weighted by Crippen LogP contribution is -2.31. The number of hydrogen-bond donors (Lipinski definition) is 1. The van der Waals surface area contributed by atoms with Gasteiger partial charge in [0.05, 0.1) is 6.10 Å². The fourth-order valence-corrected chi connectivity index (χ4v) is 3.46. The van der Waals surface area contributed by atoms with Gasteiger partial charge in [-0.15, -0.1) is 0 Å². The molecule has 14 heavy (non-hydrogen) atoms. The van der Waals surface area contributed by atoms with Gasteiger partial charge >= 0.3 is 0 Å². The predicted molar refractivity (Wildman–Crippen MR) is 58.9 cm³/mol. The number of aliphatic hydroxyl groups excluding tert-OH is 1. The van der Waals surface area contributed by atoms with Crippen LogP contribution in [0.5, 0.6) is 0 Å². The van der Waals surface area contributed by atoms with Crippen LogP contribution in [0.3, 0.4) is 0 Å². The molecule has 5 unspecified atom stereocenters. The maximum absolute atomic E-state index is 10.2. The van der Waals surface area contributed by atoms with E-state index in [9.17, 15) is 5.11 Å². The standard InChI is InChI=1S/C13H24O/c1-8-4-9(2)6-11(5-8)13(14)12-7-10(12)3/h8-14H,4-7H2,1-3H3. The van der Waals surface area contributed by atoms with Crippen LogP contribution >= 0.6 is 0 Å². The van der Waals surface area contributed by atoms with E-state index in [0.29, 0.717) is 11.8 Å². The summed E-state index contributed by atoms with van der Waals surface area (Å²) < 4.78 is 0. The summed E-state index contributed by atoms with van der Waals surface area (Å²) in [6, 6.07) is 0. The lowest BCUT2D eigenvalue weighted by Gasteiger charge is -2.34. The summed E-state index contributed by atoms with van der Waals surface area (Å²) in [5, 5.41) is 10.2. The Hall–Kier alpha value is -0.0400. The quantitative estimate of drug-likeness (QED) is 0.719. The molecule has 2 aliphatic rings. The van der Waals surface area contributed by atoms with Crippen LogP contribution < -0.4 is 0 Å². The van der Waals surface area contributed by atoms with Crippen LogP contribution in [0.2, 0.25) is 0 Å². The molecule has 5 atom stereocenters. The molecular formula is C13H24O. The maximum atomic E-state index is 10.2. The fraction of sp³-hybridized carbons (Fsp3) is 1.00. The van der Waals surface area contributed by atoms with Gasteiger partial charge in [0.1, 0.15) is 0 Å². The first-order valence-corrected chi connectivity index (χ1v) is 6.26. The van der Waals surface area contributed by atoms with Crippen LogP contribution in [-0.2, 0) is 0 Å². The second-order valence-corrected chi connectivity index (χ2v) is 6.04. The zero-order valence-electron chi connectivity index (χ0n) is 9.74. The van der Waals surface area contributed by atoms with Gasteiger partial charge in [-0.2, -0.15) is 0 Å². The van der Waals surface area contributed by atoms with Crippen LogP contribution in [0, 0.1) is 29.6 Å². The average Bonchev–Trinajstić information content (AvgIpc) is 2.79. The van der Waals surface area contributed by atoms with E-state index in [1.807, 2.05) is 0 Å². The molecule has 1 heteroatoms. The molecule has 0 aromatic rings. The summed E-state index contributed by atoms with van der Waals surface area (Å²) in [6.07, 6.45) is 5.16. The van der Waals surface area contributed by atoms with Crippen molar-refractivity contribution in [2.45, 2.75) is 52.6 Å². The van der Waals surface area contributed by atoms with E-state index in [1.165, 1.54) is 25.7 Å². The summed E-state index contributed by atoms with van der Waals surface area (Å²) >= 11 is 0. The zero-order valence-corrected chi connectivity index (χ0v) is 9.74. The Morgan fingerprint density at radius 2 is 1.43 bits per heavy atom. The highest BCUT2D eigenvalue weighted by Gasteiger charge is 2.43. The van der Waals surface area contributed by atoms with Gasteiger partial charge < -0.3 is 5.11 Å². The second-order valence-electron chi connectivity index (χ2n) is 6.04. The Kier molecular flexibility index (Phi) is 2.88.